The number of nitrogens with one attached hydrogen (secondary N) is 1. The molecule has 5 heteroatoms. The number of anilines is 1. The van der Waals surface area contributed by atoms with Crippen molar-refractivity contribution in [1.82, 2.24) is 9.97 Å². The molecule has 0 aliphatic rings. The quantitative estimate of drug-likeness (QED) is 0.650. The Morgan fingerprint density at radius 3 is 2.52 bits per heavy atom. The molecule has 1 heterocycles. The summed E-state index contributed by atoms with van der Waals surface area (Å²) in [5.41, 5.74) is 9.96. The fourth-order valence-electron chi connectivity index (χ4n) is 2.58. The summed E-state index contributed by atoms with van der Waals surface area (Å²) >= 11 is 0. The van der Waals surface area contributed by atoms with Gasteiger partial charge in [0.1, 0.15) is 12.1 Å². The molecule has 2 aromatic carbocycles. The van der Waals surface area contributed by atoms with Gasteiger partial charge in [-0.25, -0.2) is 9.97 Å². The van der Waals surface area contributed by atoms with Crippen LogP contribution in [0.4, 0.5) is 5.82 Å². The summed E-state index contributed by atoms with van der Waals surface area (Å²) in [4.78, 5) is 8.57. The van der Waals surface area contributed by atoms with Gasteiger partial charge in [-0.3, -0.25) is 0 Å². The van der Waals surface area contributed by atoms with Crippen LogP contribution in [0.1, 0.15) is 5.56 Å². The second-order valence-corrected chi connectivity index (χ2v) is 5.34. The first-order valence-electron chi connectivity index (χ1n) is 7.70. The molecule has 0 atom stereocenters. The molecule has 0 spiro atoms. The average Bonchev–Trinajstić information content (AvgIpc) is 2.60. The summed E-state index contributed by atoms with van der Waals surface area (Å²) in [5.74, 6) is 0.741. The van der Waals surface area contributed by atoms with Crippen molar-refractivity contribution in [2.75, 3.05) is 25.0 Å². The second kappa shape index (κ2) is 7.17. The molecule has 0 radical (unpaired) electrons. The van der Waals surface area contributed by atoms with Gasteiger partial charge in [0, 0.05) is 11.9 Å². The van der Waals surface area contributed by atoms with Crippen LogP contribution in [-0.4, -0.2) is 34.8 Å². The van der Waals surface area contributed by atoms with E-state index in [0.29, 0.717) is 13.1 Å². The molecular weight excluding hydrogens is 288 g/mol. The van der Waals surface area contributed by atoms with Gasteiger partial charge in [-0.05, 0) is 41.8 Å². The molecule has 0 saturated carbocycles. The lowest BCUT2D eigenvalue weighted by atomic mass is 10.0. The lowest BCUT2D eigenvalue weighted by Crippen LogP contribution is -2.07. The van der Waals surface area contributed by atoms with Crippen molar-refractivity contribution in [1.29, 1.82) is 0 Å². The van der Waals surface area contributed by atoms with E-state index in [1.807, 2.05) is 6.07 Å². The van der Waals surface area contributed by atoms with E-state index in [4.69, 9.17) is 10.8 Å². The van der Waals surface area contributed by atoms with E-state index in [0.717, 1.165) is 34.3 Å². The van der Waals surface area contributed by atoms with Gasteiger partial charge in [0.05, 0.1) is 12.1 Å². The third-order valence-corrected chi connectivity index (χ3v) is 3.76. The summed E-state index contributed by atoms with van der Waals surface area (Å²) in [6.45, 7) is 1.18. The fraction of sp³-hybridized carbons (Fsp3) is 0.222. The Morgan fingerprint density at radius 1 is 1.00 bits per heavy atom. The summed E-state index contributed by atoms with van der Waals surface area (Å²) in [5, 5.41) is 13.1. The van der Waals surface area contributed by atoms with Gasteiger partial charge in [0.2, 0.25) is 0 Å². The molecule has 0 aliphatic carbocycles. The molecule has 3 aromatic rings. The molecule has 5 nitrogen and oxygen atoms in total. The minimum Gasteiger partial charge on any atom is -0.395 e. The highest BCUT2D eigenvalue weighted by Gasteiger charge is 2.06. The van der Waals surface area contributed by atoms with E-state index in [1.165, 1.54) is 11.9 Å². The zero-order chi connectivity index (χ0) is 16.1. The molecular formula is C18H20N4O. The van der Waals surface area contributed by atoms with Crippen LogP contribution in [0.2, 0.25) is 0 Å². The van der Waals surface area contributed by atoms with Crippen LogP contribution in [0, 0.1) is 0 Å². The van der Waals surface area contributed by atoms with Crippen LogP contribution in [0.25, 0.3) is 22.0 Å². The van der Waals surface area contributed by atoms with E-state index < -0.39 is 0 Å². The summed E-state index contributed by atoms with van der Waals surface area (Å²) in [6, 6.07) is 14.6. The predicted molar refractivity (Wildman–Crippen MR) is 93.3 cm³/mol. The number of rotatable bonds is 6. The maximum Gasteiger partial charge on any atom is 0.137 e. The maximum absolute atomic E-state index is 8.99. The minimum atomic E-state index is 0.0633. The lowest BCUT2D eigenvalue weighted by Gasteiger charge is -2.09. The van der Waals surface area contributed by atoms with Gasteiger partial charge >= 0.3 is 0 Å². The number of nitrogens with two attached hydrogens (primary N) is 1. The van der Waals surface area contributed by atoms with E-state index in [1.54, 1.807) is 0 Å². The molecule has 1 aromatic heterocycles. The van der Waals surface area contributed by atoms with Gasteiger partial charge in [0.15, 0.2) is 0 Å². The molecule has 0 aliphatic heterocycles. The van der Waals surface area contributed by atoms with Gasteiger partial charge in [0.25, 0.3) is 0 Å². The van der Waals surface area contributed by atoms with Crippen molar-refractivity contribution in [2.24, 2.45) is 5.73 Å². The third-order valence-electron chi connectivity index (χ3n) is 3.76. The molecule has 0 saturated heterocycles. The van der Waals surface area contributed by atoms with Crippen LogP contribution in [0.15, 0.2) is 48.8 Å². The van der Waals surface area contributed by atoms with Crippen LogP contribution in [0.3, 0.4) is 0 Å². The van der Waals surface area contributed by atoms with Crippen molar-refractivity contribution in [3.8, 4) is 11.1 Å². The first kappa shape index (κ1) is 15.4. The number of fused-ring (bicyclic) bond motifs is 1. The highest BCUT2D eigenvalue weighted by Crippen LogP contribution is 2.27. The van der Waals surface area contributed by atoms with Gasteiger partial charge in [-0.2, -0.15) is 0 Å². The number of aliphatic hydroxyl groups excluding tert-OH is 1. The summed E-state index contributed by atoms with van der Waals surface area (Å²) in [7, 11) is 0. The first-order valence-corrected chi connectivity index (χ1v) is 7.70. The highest BCUT2D eigenvalue weighted by atomic mass is 16.3. The fourth-order valence-corrected chi connectivity index (χ4v) is 2.58. The van der Waals surface area contributed by atoms with Crippen LogP contribution in [-0.2, 0) is 6.42 Å². The Balaban J connectivity index is 1.97. The smallest absolute Gasteiger partial charge is 0.137 e. The van der Waals surface area contributed by atoms with Crippen molar-refractivity contribution in [2.45, 2.75) is 6.42 Å². The average molecular weight is 308 g/mol. The Labute approximate surface area is 135 Å². The van der Waals surface area contributed by atoms with Gasteiger partial charge in [-0.1, -0.05) is 30.3 Å². The van der Waals surface area contributed by atoms with E-state index in [2.05, 4.69) is 51.7 Å². The molecule has 23 heavy (non-hydrogen) atoms. The standard InChI is InChI=1S/C18H20N4O/c19-8-7-13-1-3-14(4-2-13)15-5-6-17-16(11-15)18(20-9-10-23)22-12-21-17/h1-6,11-12,23H,7-10,19H2,(H,20,21,22). The van der Waals surface area contributed by atoms with Crippen LogP contribution >= 0.6 is 0 Å². The third kappa shape index (κ3) is 3.47. The summed E-state index contributed by atoms with van der Waals surface area (Å²) in [6.07, 6.45) is 2.42. The highest BCUT2D eigenvalue weighted by molar-refractivity contribution is 5.92. The maximum atomic E-state index is 8.99. The largest absolute Gasteiger partial charge is 0.395 e. The number of benzene rings is 2. The molecule has 4 N–H and O–H groups in total. The van der Waals surface area contributed by atoms with Crippen molar-refractivity contribution in [3.63, 3.8) is 0 Å². The lowest BCUT2D eigenvalue weighted by molar-refractivity contribution is 0.311. The topological polar surface area (TPSA) is 84.1 Å². The van der Waals surface area contributed by atoms with Crippen LogP contribution in [0.5, 0.6) is 0 Å². The number of nitrogens with zero attached hydrogens (tertiary/aromatic N) is 2. The Kier molecular flexibility index (Phi) is 4.80. The zero-order valence-corrected chi connectivity index (χ0v) is 12.9. The Morgan fingerprint density at radius 2 is 1.78 bits per heavy atom. The van der Waals surface area contributed by atoms with Crippen molar-refractivity contribution >= 4 is 16.7 Å². The summed E-state index contributed by atoms with van der Waals surface area (Å²) < 4.78 is 0. The number of hydrogen-bond acceptors (Lipinski definition) is 5. The number of hydrogen-bond donors (Lipinski definition) is 3. The predicted octanol–water partition coefficient (Wildman–Crippen LogP) is 2.20. The number of aromatic nitrogens is 2. The normalized spacial score (nSPS) is 10.9. The van der Waals surface area contributed by atoms with Crippen molar-refractivity contribution < 1.29 is 5.11 Å². The van der Waals surface area contributed by atoms with Gasteiger partial charge in [-0.15, -0.1) is 0 Å². The number of aliphatic hydroxyl groups is 1. The first-order chi connectivity index (χ1) is 11.3. The zero-order valence-electron chi connectivity index (χ0n) is 12.9. The van der Waals surface area contributed by atoms with E-state index in [9.17, 15) is 0 Å². The SMILES string of the molecule is NCCc1ccc(-c2ccc3ncnc(NCCO)c3c2)cc1. The van der Waals surface area contributed by atoms with Crippen molar-refractivity contribution in [3.05, 3.63) is 54.4 Å². The van der Waals surface area contributed by atoms with E-state index >= 15 is 0 Å². The molecule has 0 amide bonds. The van der Waals surface area contributed by atoms with Gasteiger partial charge < -0.3 is 16.2 Å². The molecule has 0 fully saturated rings. The Bertz CT molecular complexity index is 787. The second-order valence-electron chi connectivity index (χ2n) is 5.34. The molecule has 0 unspecified atom stereocenters. The van der Waals surface area contributed by atoms with E-state index in [-0.39, 0.29) is 6.61 Å². The molecule has 0 bridgehead atoms. The van der Waals surface area contributed by atoms with Crippen LogP contribution < -0.4 is 11.1 Å². The minimum absolute atomic E-state index is 0.0633. The Hall–Kier alpha value is -2.50. The molecule has 118 valence electrons. The monoisotopic (exact) mass is 308 g/mol. The molecule has 3 rings (SSSR count).